The molecule has 190 valence electrons. The lowest BCUT2D eigenvalue weighted by Crippen LogP contribution is -2.57. The summed E-state index contributed by atoms with van der Waals surface area (Å²) in [5.74, 6) is -5.13. The number of aliphatic hydroxyl groups excluding tert-OH is 1. The predicted octanol–water partition coefficient (Wildman–Crippen LogP) is -3.42. The van der Waals surface area contributed by atoms with Gasteiger partial charge in [0, 0.05) is 0 Å². The van der Waals surface area contributed by atoms with Gasteiger partial charge in [-0.25, -0.2) is 4.79 Å². The molecule has 4 atom stereocenters. The van der Waals surface area contributed by atoms with Crippen LogP contribution in [0.3, 0.4) is 0 Å². The number of carbonyl (C=O) groups excluding carboxylic acids is 3. The third-order valence-electron chi connectivity index (χ3n) is 4.69. The van der Waals surface area contributed by atoms with Crippen molar-refractivity contribution < 1.29 is 39.3 Å². The highest BCUT2D eigenvalue weighted by Gasteiger charge is 2.30. The van der Waals surface area contributed by atoms with Crippen molar-refractivity contribution in [3.05, 3.63) is 0 Å². The number of carboxylic acids is 2. The molecule has 0 saturated carbocycles. The van der Waals surface area contributed by atoms with E-state index in [-0.39, 0.29) is 12.8 Å². The number of rotatable bonds is 18. The van der Waals surface area contributed by atoms with Crippen molar-refractivity contribution in [3.8, 4) is 0 Å². The molecule has 0 aliphatic heterocycles. The summed E-state index contributed by atoms with van der Waals surface area (Å²) in [6.07, 6.45) is 1.65. The van der Waals surface area contributed by atoms with Gasteiger partial charge in [0.25, 0.3) is 0 Å². The van der Waals surface area contributed by atoms with Gasteiger partial charge in [-0.05, 0) is 51.6 Å². The first kappa shape index (κ1) is 30.2. The fourth-order valence-electron chi connectivity index (χ4n) is 2.81. The van der Waals surface area contributed by atoms with E-state index in [1.807, 2.05) is 0 Å². The van der Waals surface area contributed by atoms with Crippen LogP contribution in [0.25, 0.3) is 0 Å². The maximum absolute atomic E-state index is 12.9. The minimum Gasteiger partial charge on any atom is -0.481 e. The lowest BCUT2D eigenvalue weighted by molar-refractivity contribution is -0.143. The molecule has 12 N–H and O–H groups in total. The molecular formula is C19H36N6O8. The number of hydrogen-bond donors (Lipinski definition) is 9. The van der Waals surface area contributed by atoms with Crippen LogP contribution in [0.2, 0.25) is 0 Å². The number of aliphatic hydroxyl groups is 1. The van der Waals surface area contributed by atoms with E-state index in [0.29, 0.717) is 38.8 Å². The van der Waals surface area contributed by atoms with E-state index in [0.717, 1.165) is 0 Å². The molecule has 0 fully saturated rings. The van der Waals surface area contributed by atoms with Gasteiger partial charge in [0.15, 0.2) is 0 Å². The summed E-state index contributed by atoms with van der Waals surface area (Å²) >= 11 is 0. The van der Waals surface area contributed by atoms with Crippen LogP contribution in [0.4, 0.5) is 0 Å². The van der Waals surface area contributed by atoms with Gasteiger partial charge < -0.3 is 48.5 Å². The second-order valence-electron chi connectivity index (χ2n) is 7.48. The first-order chi connectivity index (χ1) is 15.6. The SMILES string of the molecule is NCCCCC(NC(=O)C(N)CC(=O)O)C(=O)NC(CCCCN)C(=O)NC(CO)C(=O)O. The highest BCUT2D eigenvalue weighted by molar-refractivity contribution is 5.94. The Morgan fingerprint density at radius 3 is 1.48 bits per heavy atom. The predicted molar refractivity (Wildman–Crippen MR) is 117 cm³/mol. The molecular weight excluding hydrogens is 440 g/mol. The van der Waals surface area contributed by atoms with Crippen molar-refractivity contribution >= 4 is 29.7 Å². The number of amides is 3. The number of nitrogens with two attached hydrogens (primary N) is 3. The van der Waals surface area contributed by atoms with Crippen molar-refractivity contribution in [2.75, 3.05) is 19.7 Å². The summed E-state index contributed by atoms with van der Waals surface area (Å²) < 4.78 is 0. The molecule has 0 spiro atoms. The standard InChI is InChI=1S/C19H36N6O8/c20-7-3-1-5-12(23-16(29)11(22)9-15(27)28)17(30)24-13(6-2-4-8-21)18(31)25-14(10-26)19(32)33/h11-14,26H,1-10,20-22H2,(H,23,29)(H,24,30)(H,25,31)(H,27,28)(H,32,33). The number of carboxylic acid groups (broad SMARTS) is 2. The molecule has 0 aromatic rings. The Kier molecular flexibility index (Phi) is 15.3. The Morgan fingerprint density at radius 1 is 0.697 bits per heavy atom. The van der Waals surface area contributed by atoms with Gasteiger partial charge in [0.05, 0.1) is 19.1 Å². The molecule has 0 rings (SSSR count). The molecule has 0 aliphatic carbocycles. The highest BCUT2D eigenvalue weighted by atomic mass is 16.4. The maximum Gasteiger partial charge on any atom is 0.328 e. The van der Waals surface area contributed by atoms with Crippen LogP contribution < -0.4 is 33.2 Å². The quantitative estimate of drug-likeness (QED) is 0.0879. The smallest absolute Gasteiger partial charge is 0.328 e. The van der Waals surface area contributed by atoms with Crippen molar-refractivity contribution in [1.82, 2.24) is 16.0 Å². The molecule has 0 bridgehead atoms. The number of unbranched alkanes of at least 4 members (excludes halogenated alkanes) is 2. The maximum atomic E-state index is 12.9. The topological polar surface area (TPSA) is 260 Å². The van der Waals surface area contributed by atoms with Crippen molar-refractivity contribution in [2.24, 2.45) is 17.2 Å². The van der Waals surface area contributed by atoms with Crippen LogP contribution in [-0.2, 0) is 24.0 Å². The summed E-state index contributed by atoms with van der Waals surface area (Å²) in [4.78, 5) is 59.5. The van der Waals surface area contributed by atoms with Crippen LogP contribution in [0.5, 0.6) is 0 Å². The van der Waals surface area contributed by atoms with Crippen LogP contribution in [0, 0.1) is 0 Å². The molecule has 0 radical (unpaired) electrons. The van der Waals surface area contributed by atoms with Crippen molar-refractivity contribution in [2.45, 2.75) is 69.1 Å². The van der Waals surface area contributed by atoms with E-state index in [1.165, 1.54) is 0 Å². The van der Waals surface area contributed by atoms with E-state index >= 15 is 0 Å². The molecule has 0 aromatic heterocycles. The van der Waals surface area contributed by atoms with Crippen LogP contribution in [0.1, 0.15) is 44.9 Å². The van der Waals surface area contributed by atoms with E-state index < -0.39 is 66.9 Å². The van der Waals surface area contributed by atoms with E-state index in [4.69, 9.17) is 32.5 Å². The number of nitrogens with one attached hydrogen (secondary N) is 3. The summed E-state index contributed by atoms with van der Waals surface area (Å²) in [5, 5.41) is 34.0. The fraction of sp³-hybridized carbons (Fsp3) is 0.737. The molecule has 0 aliphatic rings. The van der Waals surface area contributed by atoms with Gasteiger partial charge in [-0.1, -0.05) is 0 Å². The molecule has 14 nitrogen and oxygen atoms in total. The molecule has 0 saturated heterocycles. The second-order valence-corrected chi connectivity index (χ2v) is 7.48. The third-order valence-corrected chi connectivity index (χ3v) is 4.69. The summed E-state index contributed by atoms with van der Waals surface area (Å²) in [6.45, 7) is -0.150. The monoisotopic (exact) mass is 476 g/mol. The Hall–Kier alpha value is -2.81. The average molecular weight is 477 g/mol. The first-order valence-electron chi connectivity index (χ1n) is 10.7. The zero-order valence-electron chi connectivity index (χ0n) is 18.5. The van der Waals surface area contributed by atoms with Crippen LogP contribution >= 0.6 is 0 Å². The Balaban J connectivity index is 5.42. The lowest BCUT2D eigenvalue weighted by atomic mass is 10.0. The van der Waals surface area contributed by atoms with Gasteiger partial charge in [-0.15, -0.1) is 0 Å². The number of hydrogen-bond acceptors (Lipinski definition) is 9. The summed E-state index contributed by atoms with van der Waals surface area (Å²) in [6, 6.07) is -5.21. The minimum absolute atomic E-state index is 0.133. The van der Waals surface area contributed by atoms with Crippen LogP contribution in [-0.4, -0.2) is 88.8 Å². The van der Waals surface area contributed by atoms with Gasteiger partial charge >= 0.3 is 11.9 Å². The van der Waals surface area contributed by atoms with E-state index in [2.05, 4.69) is 16.0 Å². The normalized spacial score (nSPS) is 14.4. The number of aliphatic carboxylic acids is 2. The molecule has 14 heteroatoms. The highest BCUT2D eigenvalue weighted by Crippen LogP contribution is 2.06. The van der Waals surface area contributed by atoms with Crippen molar-refractivity contribution in [1.29, 1.82) is 0 Å². The molecule has 0 aromatic carbocycles. The largest absolute Gasteiger partial charge is 0.481 e. The third kappa shape index (κ3) is 12.7. The number of carbonyl (C=O) groups is 5. The van der Waals surface area contributed by atoms with Gasteiger partial charge in [-0.2, -0.15) is 0 Å². The Morgan fingerprint density at radius 2 is 1.12 bits per heavy atom. The second kappa shape index (κ2) is 16.8. The molecule has 3 amide bonds. The van der Waals surface area contributed by atoms with Gasteiger partial charge in [0.1, 0.15) is 18.1 Å². The zero-order valence-corrected chi connectivity index (χ0v) is 18.5. The van der Waals surface area contributed by atoms with Gasteiger partial charge in [-0.3, -0.25) is 19.2 Å². The Bertz CT molecular complexity index is 662. The van der Waals surface area contributed by atoms with E-state index in [1.54, 1.807) is 0 Å². The molecule has 4 unspecified atom stereocenters. The van der Waals surface area contributed by atoms with E-state index in [9.17, 15) is 24.0 Å². The van der Waals surface area contributed by atoms with Crippen LogP contribution in [0.15, 0.2) is 0 Å². The first-order valence-corrected chi connectivity index (χ1v) is 10.7. The fourth-order valence-corrected chi connectivity index (χ4v) is 2.81. The Labute approximate surface area is 191 Å². The molecule has 0 heterocycles. The minimum atomic E-state index is -1.56. The van der Waals surface area contributed by atoms with Crippen molar-refractivity contribution in [3.63, 3.8) is 0 Å². The summed E-state index contributed by atoms with van der Waals surface area (Å²) in [5.41, 5.74) is 16.5. The lowest BCUT2D eigenvalue weighted by Gasteiger charge is -2.25. The zero-order chi connectivity index (χ0) is 25.4. The average Bonchev–Trinajstić information content (AvgIpc) is 2.75. The van der Waals surface area contributed by atoms with Gasteiger partial charge in [0.2, 0.25) is 17.7 Å². The summed E-state index contributed by atoms with van der Waals surface area (Å²) in [7, 11) is 0. The molecule has 33 heavy (non-hydrogen) atoms.